The Bertz CT molecular complexity index is 958. The van der Waals surface area contributed by atoms with E-state index in [1.165, 1.54) is 13.8 Å². The minimum Gasteiger partial charge on any atom is -0.463 e. The van der Waals surface area contributed by atoms with Crippen molar-refractivity contribution < 1.29 is 33.6 Å². The Kier molecular flexibility index (Phi) is 6.52. The smallest absolute Gasteiger partial charge is 0.303 e. The van der Waals surface area contributed by atoms with Gasteiger partial charge in [0.25, 0.3) is 0 Å². The monoisotopic (exact) mass is 532 g/mol. The van der Waals surface area contributed by atoms with Gasteiger partial charge in [-0.2, -0.15) is 0 Å². The first-order valence-electron chi connectivity index (χ1n) is 15.2. The summed E-state index contributed by atoms with van der Waals surface area (Å²) in [5, 5.41) is 12.2. The molecule has 7 nitrogen and oxygen atoms in total. The molecule has 0 bridgehead atoms. The van der Waals surface area contributed by atoms with Crippen LogP contribution >= 0.6 is 0 Å². The number of esters is 2. The molecule has 0 aromatic carbocycles. The third kappa shape index (κ3) is 3.77. The molecule has 7 heteroatoms. The molecular weight excluding hydrogens is 484 g/mol. The third-order valence-corrected chi connectivity index (χ3v) is 12.6. The summed E-state index contributed by atoms with van der Waals surface area (Å²) in [6.07, 6.45) is 6.41. The van der Waals surface area contributed by atoms with Crippen LogP contribution in [0.5, 0.6) is 0 Å². The molecular formula is C31H48O7. The maximum atomic E-state index is 12.5. The molecule has 4 saturated carbocycles. The number of carbonyl (C=O) groups excluding carboxylic acids is 2. The van der Waals surface area contributed by atoms with Gasteiger partial charge in [-0.1, -0.05) is 27.7 Å². The zero-order valence-corrected chi connectivity index (χ0v) is 24.1. The van der Waals surface area contributed by atoms with Gasteiger partial charge in [-0.3, -0.25) is 9.59 Å². The van der Waals surface area contributed by atoms with Crippen LogP contribution < -0.4 is 0 Å². The number of rotatable bonds is 2. The van der Waals surface area contributed by atoms with E-state index >= 15 is 0 Å². The molecule has 2 aliphatic heterocycles. The standard InChI is InChI=1S/C31H48O7/c1-16-9-12-31(35-15-16)17(2)25-24(38-31)14-23-22-8-7-20-13-21(36-18(3)32)10-11-29(20,5)26(22)27(34)28(30(23,25)6)37-19(4)33/h16-17,20-28,34H,7-15H2,1-6H3/t16?,17-,20?,21?,22-,23-,24-,25-,26+,27?,28?,29-,30-,31+/m0/s1. The molecule has 0 aromatic rings. The van der Waals surface area contributed by atoms with E-state index < -0.39 is 18.0 Å². The van der Waals surface area contributed by atoms with Crippen LogP contribution in [0, 0.1) is 52.3 Å². The molecule has 6 aliphatic rings. The second-order valence-corrected chi connectivity index (χ2v) is 14.4. The summed E-state index contributed by atoms with van der Waals surface area (Å²) >= 11 is 0. The van der Waals surface area contributed by atoms with Gasteiger partial charge >= 0.3 is 11.9 Å². The van der Waals surface area contributed by atoms with E-state index in [4.69, 9.17) is 18.9 Å². The molecule has 38 heavy (non-hydrogen) atoms. The molecule has 1 spiro atoms. The van der Waals surface area contributed by atoms with E-state index in [1.807, 2.05) is 0 Å². The van der Waals surface area contributed by atoms with Crippen LogP contribution in [0.15, 0.2) is 0 Å². The van der Waals surface area contributed by atoms with E-state index in [0.717, 1.165) is 58.0 Å². The minimum absolute atomic E-state index is 0.0353. The zero-order chi connectivity index (χ0) is 27.2. The summed E-state index contributed by atoms with van der Waals surface area (Å²) in [6.45, 7) is 12.8. The Morgan fingerprint density at radius 2 is 1.66 bits per heavy atom. The van der Waals surface area contributed by atoms with Crippen molar-refractivity contribution in [1.82, 2.24) is 0 Å². The molecule has 0 amide bonds. The van der Waals surface area contributed by atoms with Gasteiger partial charge in [0, 0.05) is 37.5 Å². The molecule has 5 unspecified atom stereocenters. The SMILES string of the molecule is CC(=O)OC1CC[C@@]2(C)C(CC[C@H]3[C@@H]4C[C@@H]5O[C@]6(CCC(C)CO6)[C@@H](C)[C@@H]5[C@@]4(C)C(OC(C)=O)C(O)[C@@H]32)C1. The largest absolute Gasteiger partial charge is 0.463 e. The highest BCUT2D eigenvalue weighted by molar-refractivity contribution is 5.66. The van der Waals surface area contributed by atoms with Gasteiger partial charge in [0.05, 0.1) is 18.8 Å². The van der Waals surface area contributed by atoms with Gasteiger partial charge in [0.2, 0.25) is 0 Å². The lowest BCUT2D eigenvalue weighted by atomic mass is 9.42. The Morgan fingerprint density at radius 1 is 0.921 bits per heavy atom. The second kappa shape index (κ2) is 9.17. The fourth-order valence-corrected chi connectivity index (χ4v) is 11.0. The molecule has 0 aromatic heterocycles. The molecule has 2 heterocycles. The molecule has 6 rings (SSSR count). The fraction of sp³-hybridized carbons (Fsp3) is 0.935. The van der Waals surface area contributed by atoms with Crippen molar-refractivity contribution in [2.75, 3.05) is 6.61 Å². The maximum absolute atomic E-state index is 12.5. The molecule has 214 valence electrons. The van der Waals surface area contributed by atoms with Crippen LogP contribution in [0.2, 0.25) is 0 Å². The number of aliphatic hydroxyl groups is 1. The minimum atomic E-state index is -0.724. The fourth-order valence-electron chi connectivity index (χ4n) is 11.0. The van der Waals surface area contributed by atoms with E-state index in [2.05, 4.69) is 27.7 Å². The molecule has 0 radical (unpaired) electrons. The van der Waals surface area contributed by atoms with Crippen LogP contribution in [-0.2, 0) is 28.5 Å². The van der Waals surface area contributed by atoms with Crippen LogP contribution in [0.3, 0.4) is 0 Å². The molecule has 4 aliphatic carbocycles. The maximum Gasteiger partial charge on any atom is 0.303 e. The van der Waals surface area contributed by atoms with Gasteiger partial charge in [-0.05, 0) is 80.0 Å². The first-order chi connectivity index (χ1) is 17.9. The van der Waals surface area contributed by atoms with Crippen molar-refractivity contribution in [3.63, 3.8) is 0 Å². The number of hydrogen-bond acceptors (Lipinski definition) is 7. The number of aliphatic hydroxyl groups excluding tert-OH is 1. The van der Waals surface area contributed by atoms with Crippen LogP contribution in [0.1, 0.15) is 92.9 Å². The lowest BCUT2D eigenvalue weighted by molar-refractivity contribution is -0.279. The van der Waals surface area contributed by atoms with Crippen molar-refractivity contribution in [2.24, 2.45) is 52.3 Å². The zero-order valence-electron chi connectivity index (χ0n) is 24.1. The Hall–Kier alpha value is -1.18. The highest BCUT2D eigenvalue weighted by Gasteiger charge is 2.74. The van der Waals surface area contributed by atoms with Gasteiger partial charge in [0.15, 0.2) is 5.79 Å². The number of ether oxygens (including phenoxy) is 4. The normalized spacial score (nSPS) is 55.4. The first kappa shape index (κ1) is 27.0. The quantitative estimate of drug-likeness (QED) is 0.507. The van der Waals surface area contributed by atoms with Gasteiger partial charge in [0.1, 0.15) is 12.2 Å². The van der Waals surface area contributed by atoms with Crippen molar-refractivity contribution in [3.8, 4) is 0 Å². The molecule has 2 saturated heterocycles. The van der Waals surface area contributed by atoms with Crippen molar-refractivity contribution in [3.05, 3.63) is 0 Å². The van der Waals surface area contributed by atoms with Gasteiger partial charge < -0.3 is 24.1 Å². The van der Waals surface area contributed by atoms with E-state index in [0.29, 0.717) is 23.7 Å². The number of hydrogen-bond donors (Lipinski definition) is 1. The van der Waals surface area contributed by atoms with Crippen molar-refractivity contribution in [1.29, 1.82) is 0 Å². The van der Waals surface area contributed by atoms with E-state index in [1.54, 1.807) is 0 Å². The predicted octanol–water partition coefficient (Wildman–Crippen LogP) is 4.88. The average molecular weight is 533 g/mol. The Morgan fingerprint density at radius 3 is 2.32 bits per heavy atom. The van der Waals surface area contributed by atoms with Crippen molar-refractivity contribution in [2.45, 2.75) is 123 Å². The third-order valence-electron chi connectivity index (χ3n) is 12.6. The summed E-state index contributed by atoms with van der Waals surface area (Å²) in [7, 11) is 0. The summed E-state index contributed by atoms with van der Waals surface area (Å²) in [5.41, 5.74) is -0.447. The summed E-state index contributed by atoms with van der Waals surface area (Å²) in [5.74, 6) is 0.906. The van der Waals surface area contributed by atoms with Crippen LogP contribution in [0.4, 0.5) is 0 Å². The second-order valence-electron chi connectivity index (χ2n) is 14.4. The van der Waals surface area contributed by atoms with Crippen LogP contribution in [0.25, 0.3) is 0 Å². The van der Waals surface area contributed by atoms with E-state index in [9.17, 15) is 14.7 Å². The van der Waals surface area contributed by atoms with Crippen LogP contribution in [-0.4, -0.2) is 53.9 Å². The number of carbonyl (C=O) groups is 2. The van der Waals surface area contributed by atoms with Gasteiger partial charge in [-0.25, -0.2) is 0 Å². The highest BCUT2D eigenvalue weighted by Crippen LogP contribution is 2.71. The Balaban J connectivity index is 1.33. The molecule has 14 atom stereocenters. The Labute approximate surface area is 227 Å². The lowest BCUT2D eigenvalue weighted by Crippen LogP contribution is -2.66. The first-order valence-corrected chi connectivity index (χ1v) is 15.2. The topological polar surface area (TPSA) is 91.3 Å². The predicted molar refractivity (Wildman–Crippen MR) is 140 cm³/mol. The number of fused-ring (bicyclic) bond motifs is 7. The average Bonchev–Trinajstić information content (AvgIpc) is 3.29. The summed E-state index contributed by atoms with van der Waals surface area (Å²) in [6, 6.07) is 0. The lowest BCUT2D eigenvalue weighted by Gasteiger charge is -2.64. The summed E-state index contributed by atoms with van der Waals surface area (Å²) in [4.78, 5) is 24.2. The van der Waals surface area contributed by atoms with Gasteiger partial charge in [-0.15, -0.1) is 0 Å². The van der Waals surface area contributed by atoms with Crippen molar-refractivity contribution >= 4 is 11.9 Å². The highest BCUT2D eigenvalue weighted by atomic mass is 16.7. The molecule has 6 fully saturated rings. The van der Waals surface area contributed by atoms with E-state index in [-0.39, 0.29) is 52.7 Å². The summed E-state index contributed by atoms with van der Waals surface area (Å²) < 4.78 is 25.1. The molecule has 1 N–H and O–H groups in total.